The molecule has 0 saturated carbocycles. The van der Waals surface area contributed by atoms with E-state index < -0.39 is 0 Å². The van der Waals surface area contributed by atoms with Gasteiger partial charge in [-0.05, 0) is 31.0 Å². The molecule has 0 spiro atoms. The van der Waals surface area contributed by atoms with Gasteiger partial charge in [-0.25, -0.2) is 0 Å². The second-order valence-corrected chi connectivity index (χ2v) is 6.18. The molecule has 0 aromatic heterocycles. The lowest BCUT2D eigenvalue weighted by Crippen LogP contribution is -2.32. The maximum Gasteiger partial charge on any atom is 0.261 e. The monoisotopic (exact) mass is 315 g/mol. The topological polar surface area (TPSA) is 83.7 Å². The number of benzene rings is 1. The zero-order valence-electron chi connectivity index (χ0n) is 13.2. The number of nitrogens with two attached hydrogens (primary N) is 1. The van der Waals surface area contributed by atoms with Gasteiger partial charge >= 0.3 is 0 Å². The van der Waals surface area contributed by atoms with E-state index in [1.807, 2.05) is 6.92 Å². The third-order valence-corrected chi connectivity index (χ3v) is 4.46. The van der Waals surface area contributed by atoms with Crippen LogP contribution in [0.5, 0.6) is 0 Å². The van der Waals surface area contributed by atoms with E-state index in [1.165, 1.54) is 4.90 Å². The fourth-order valence-electron chi connectivity index (χ4n) is 3.10. The Balaban J connectivity index is 1.84. The van der Waals surface area contributed by atoms with Crippen molar-refractivity contribution < 1.29 is 14.4 Å². The number of rotatable bonds is 4. The van der Waals surface area contributed by atoms with Gasteiger partial charge < -0.3 is 10.6 Å². The Morgan fingerprint density at radius 3 is 2.65 bits per heavy atom. The molecule has 3 rings (SSSR count). The molecule has 122 valence electrons. The number of imide groups is 1. The van der Waals surface area contributed by atoms with Crippen LogP contribution in [0.4, 0.5) is 0 Å². The summed E-state index contributed by atoms with van der Waals surface area (Å²) in [5, 5.41) is 0. The summed E-state index contributed by atoms with van der Waals surface area (Å²) in [6, 6.07) is 4.78. The Kier molecular flexibility index (Phi) is 4.17. The van der Waals surface area contributed by atoms with Crippen molar-refractivity contribution in [2.24, 2.45) is 5.73 Å². The van der Waals surface area contributed by atoms with Gasteiger partial charge in [-0.1, -0.05) is 13.3 Å². The highest BCUT2D eigenvalue weighted by atomic mass is 16.2. The Bertz CT molecular complexity index is 671. The lowest BCUT2D eigenvalue weighted by atomic mass is 10.0. The first-order valence-corrected chi connectivity index (χ1v) is 8.08. The summed E-state index contributed by atoms with van der Waals surface area (Å²) in [6.45, 7) is 3.60. The van der Waals surface area contributed by atoms with Gasteiger partial charge in [0.15, 0.2) is 0 Å². The zero-order valence-corrected chi connectivity index (χ0v) is 13.2. The SMILES string of the molecule is CCCCN1C(=O)c2ccc(C(=O)N3CC[C@@H](N)C3)cc2C1=O. The number of likely N-dealkylation sites (tertiary alicyclic amines) is 1. The van der Waals surface area contributed by atoms with Crippen LogP contribution in [0.3, 0.4) is 0 Å². The van der Waals surface area contributed by atoms with Crippen LogP contribution >= 0.6 is 0 Å². The van der Waals surface area contributed by atoms with Crippen molar-refractivity contribution in [1.29, 1.82) is 0 Å². The molecule has 1 aromatic carbocycles. The van der Waals surface area contributed by atoms with E-state index in [9.17, 15) is 14.4 Å². The molecule has 6 heteroatoms. The minimum Gasteiger partial charge on any atom is -0.337 e. The van der Waals surface area contributed by atoms with Crippen LogP contribution in [0.2, 0.25) is 0 Å². The molecule has 1 fully saturated rings. The highest BCUT2D eigenvalue weighted by Gasteiger charge is 2.36. The molecular formula is C17H21N3O3. The average Bonchev–Trinajstić information content (AvgIpc) is 3.08. The Morgan fingerprint density at radius 2 is 2.00 bits per heavy atom. The van der Waals surface area contributed by atoms with E-state index in [0.29, 0.717) is 36.3 Å². The molecule has 2 aliphatic heterocycles. The molecule has 1 saturated heterocycles. The van der Waals surface area contributed by atoms with Crippen LogP contribution in [0, 0.1) is 0 Å². The van der Waals surface area contributed by atoms with Gasteiger partial charge in [0.2, 0.25) is 0 Å². The largest absolute Gasteiger partial charge is 0.337 e. The third kappa shape index (κ3) is 2.74. The lowest BCUT2D eigenvalue weighted by Gasteiger charge is -2.16. The molecule has 0 unspecified atom stereocenters. The summed E-state index contributed by atoms with van der Waals surface area (Å²) in [6.07, 6.45) is 2.48. The molecule has 0 radical (unpaired) electrons. The van der Waals surface area contributed by atoms with Gasteiger partial charge in [0.05, 0.1) is 11.1 Å². The maximum absolute atomic E-state index is 12.5. The first-order valence-electron chi connectivity index (χ1n) is 8.08. The Labute approximate surface area is 135 Å². The number of amides is 3. The van der Waals surface area contributed by atoms with Crippen molar-refractivity contribution in [3.05, 3.63) is 34.9 Å². The van der Waals surface area contributed by atoms with Crippen LogP contribution in [0.25, 0.3) is 0 Å². The second-order valence-electron chi connectivity index (χ2n) is 6.18. The van der Waals surface area contributed by atoms with E-state index in [1.54, 1.807) is 23.1 Å². The molecule has 2 N–H and O–H groups in total. The van der Waals surface area contributed by atoms with Crippen molar-refractivity contribution in [3.8, 4) is 0 Å². The highest BCUT2D eigenvalue weighted by molar-refractivity contribution is 6.22. The molecular weight excluding hydrogens is 294 g/mol. The van der Waals surface area contributed by atoms with Crippen LogP contribution in [-0.2, 0) is 0 Å². The molecule has 0 bridgehead atoms. The van der Waals surface area contributed by atoms with Gasteiger partial charge in [-0.2, -0.15) is 0 Å². The third-order valence-electron chi connectivity index (χ3n) is 4.46. The summed E-state index contributed by atoms with van der Waals surface area (Å²) in [4.78, 5) is 40.2. The van der Waals surface area contributed by atoms with Crippen LogP contribution < -0.4 is 5.73 Å². The molecule has 2 aliphatic rings. The highest BCUT2D eigenvalue weighted by Crippen LogP contribution is 2.25. The standard InChI is InChI=1S/C17H21N3O3/c1-2-3-7-20-16(22)13-5-4-11(9-14(13)17(20)23)15(21)19-8-6-12(18)10-19/h4-5,9,12H,2-3,6-8,10,18H2,1H3/t12-/m1/s1. The number of unbranched alkanes of at least 4 members (excludes halogenated alkanes) is 1. The van der Waals surface area contributed by atoms with Gasteiger partial charge in [0, 0.05) is 31.2 Å². The Morgan fingerprint density at radius 1 is 1.26 bits per heavy atom. The lowest BCUT2D eigenvalue weighted by molar-refractivity contribution is 0.0652. The number of carbonyl (C=O) groups excluding carboxylic acids is 3. The number of carbonyl (C=O) groups is 3. The quantitative estimate of drug-likeness (QED) is 0.848. The first-order chi connectivity index (χ1) is 11.0. The maximum atomic E-state index is 12.5. The zero-order chi connectivity index (χ0) is 16.6. The number of hydrogen-bond acceptors (Lipinski definition) is 4. The molecule has 6 nitrogen and oxygen atoms in total. The van der Waals surface area contributed by atoms with Gasteiger partial charge in [0.25, 0.3) is 17.7 Å². The smallest absolute Gasteiger partial charge is 0.261 e. The molecule has 0 aliphatic carbocycles. The number of fused-ring (bicyclic) bond motifs is 1. The molecule has 23 heavy (non-hydrogen) atoms. The summed E-state index contributed by atoms with van der Waals surface area (Å²) in [7, 11) is 0. The average molecular weight is 315 g/mol. The minimum absolute atomic E-state index is 0.0149. The summed E-state index contributed by atoms with van der Waals surface area (Å²) >= 11 is 0. The van der Waals surface area contributed by atoms with Crippen molar-refractivity contribution in [1.82, 2.24) is 9.80 Å². The minimum atomic E-state index is -0.300. The normalized spacial score (nSPS) is 20.3. The van der Waals surface area contributed by atoms with Crippen molar-refractivity contribution in [3.63, 3.8) is 0 Å². The van der Waals surface area contributed by atoms with Crippen molar-refractivity contribution in [2.75, 3.05) is 19.6 Å². The Hall–Kier alpha value is -2.21. The molecule has 1 aromatic rings. The van der Waals surface area contributed by atoms with Crippen LogP contribution in [0.15, 0.2) is 18.2 Å². The fourth-order valence-corrected chi connectivity index (χ4v) is 3.10. The molecule has 2 heterocycles. The van der Waals surface area contributed by atoms with Gasteiger partial charge in [-0.3, -0.25) is 19.3 Å². The van der Waals surface area contributed by atoms with E-state index in [-0.39, 0.29) is 23.8 Å². The number of nitrogens with zero attached hydrogens (tertiary/aromatic N) is 2. The van der Waals surface area contributed by atoms with Crippen LogP contribution in [0.1, 0.15) is 57.3 Å². The summed E-state index contributed by atoms with van der Waals surface area (Å²) in [5.41, 5.74) is 7.00. The molecule has 3 amide bonds. The van der Waals surface area contributed by atoms with Gasteiger partial charge in [0.1, 0.15) is 0 Å². The first kappa shape index (κ1) is 15.7. The predicted octanol–water partition coefficient (Wildman–Crippen LogP) is 1.26. The predicted molar refractivity (Wildman–Crippen MR) is 85.2 cm³/mol. The van der Waals surface area contributed by atoms with E-state index >= 15 is 0 Å². The summed E-state index contributed by atoms with van der Waals surface area (Å²) in [5.74, 6) is -0.695. The number of hydrogen-bond donors (Lipinski definition) is 1. The van der Waals surface area contributed by atoms with Crippen LogP contribution in [-0.4, -0.2) is 53.2 Å². The van der Waals surface area contributed by atoms with E-state index in [0.717, 1.165) is 19.3 Å². The second kappa shape index (κ2) is 6.12. The van der Waals surface area contributed by atoms with Crippen molar-refractivity contribution >= 4 is 17.7 Å². The van der Waals surface area contributed by atoms with E-state index in [4.69, 9.17) is 5.73 Å². The summed E-state index contributed by atoms with van der Waals surface area (Å²) < 4.78 is 0. The molecule has 1 atom stereocenters. The van der Waals surface area contributed by atoms with Crippen molar-refractivity contribution in [2.45, 2.75) is 32.2 Å². The van der Waals surface area contributed by atoms with E-state index in [2.05, 4.69) is 0 Å². The fraction of sp³-hybridized carbons (Fsp3) is 0.471. The van der Waals surface area contributed by atoms with Gasteiger partial charge in [-0.15, -0.1) is 0 Å².